The predicted molar refractivity (Wildman–Crippen MR) is 70.4 cm³/mol. The van der Waals surface area contributed by atoms with Gasteiger partial charge in [-0.15, -0.1) is 0 Å². The fourth-order valence-corrected chi connectivity index (χ4v) is 2.24. The van der Waals surface area contributed by atoms with Crippen LogP contribution >= 0.6 is 0 Å². The number of Topliss-reactive ketones (excluding diaryl/α,β-unsaturated/α-hetero) is 1. The summed E-state index contributed by atoms with van der Waals surface area (Å²) in [5.41, 5.74) is 0.555. The van der Waals surface area contributed by atoms with E-state index in [1.807, 2.05) is 38.1 Å². The van der Waals surface area contributed by atoms with Gasteiger partial charge in [0.25, 0.3) is 0 Å². The minimum Gasteiger partial charge on any atom is -0.497 e. The lowest BCUT2D eigenvalue weighted by Crippen LogP contribution is -2.23. The molecule has 1 rings (SSSR count). The summed E-state index contributed by atoms with van der Waals surface area (Å²) in [6, 6.07) is 9.75. The first-order valence-electron chi connectivity index (χ1n) is 5.93. The standard InChI is InChI=1S/C15H19NO2/c1-11(17)9-15(2,3)14(10-16)12-5-7-13(18-4)8-6-12/h5-8,14H,9H2,1-4H3. The molecule has 96 valence electrons. The van der Waals surface area contributed by atoms with Crippen molar-refractivity contribution in [2.45, 2.75) is 33.1 Å². The van der Waals surface area contributed by atoms with Crippen molar-refractivity contribution in [1.29, 1.82) is 5.26 Å². The fourth-order valence-electron chi connectivity index (χ4n) is 2.24. The van der Waals surface area contributed by atoms with Crippen LogP contribution in [0, 0.1) is 16.7 Å². The van der Waals surface area contributed by atoms with Crippen LogP contribution in [0.15, 0.2) is 24.3 Å². The molecule has 0 saturated heterocycles. The summed E-state index contributed by atoms with van der Waals surface area (Å²) in [7, 11) is 1.61. The first kappa shape index (κ1) is 14.2. The number of methoxy groups -OCH3 is 1. The monoisotopic (exact) mass is 245 g/mol. The van der Waals surface area contributed by atoms with Gasteiger partial charge >= 0.3 is 0 Å². The van der Waals surface area contributed by atoms with Gasteiger partial charge in [-0.05, 0) is 30.0 Å². The lowest BCUT2D eigenvalue weighted by molar-refractivity contribution is -0.118. The number of ether oxygens (including phenoxy) is 1. The van der Waals surface area contributed by atoms with E-state index in [1.54, 1.807) is 14.0 Å². The number of carbonyl (C=O) groups excluding carboxylic acids is 1. The molecular weight excluding hydrogens is 226 g/mol. The summed E-state index contributed by atoms with van der Waals surface area (Å²) in [6.45, 7) is 5.46. The maximum absolute atomic E-state index is 11.3. The number of ketones is 1. The average Bonchev–Trinajstić information content (AvgIpc) is 2.28. The van der Waals surface area contributed by atoms with Gasteiger partial charge < -0.3 is 9.53 Å². The van der Waals surface area contributed by atoms with E-state index in [-0.39, 0.29) is 17.1 Å². The third-order valence-electron chi connectivity index (χ3n) is 3.06. The highest BCUT2D eigenvalue weighted by Crippen LogP contribution is 2.38. The van der Waals surface area contributed by atoms with Crippen LogP contribution in [0.3, 0.4) is 0 Å². The van der Waals surface area contributed by atoms with Crippen molar-refractivity contribution >= 4 is 5.78 Å². The summed E-state index contributed by atoms with van der Waals surface area (Å²) >= 11 is 0. The Labute approximate surface area is 108 Å². The Morgan fingerprint density at radius 2 is 1.94 bits per heavy atom. The summed E-state index contributed by atoms with van der Waals surface area (Å²) in [6.07, 6.45) is 0.400. The smallest absolute Gasteiger partial charge is 0.130 e. The van der Waals surface area contributed by atoms with E-state index < -0.39 is 0 Å². The number of rotatable bonds is 5. The molecule has 1 aromatic carbocycles. The van der Waals surface area contributed by atoms with Gasteiger partial charge in [0.2, 0.25) is 0 Å². The molecule has 0 radical (unpaired) electrons. The van der Waals surface area contributed by atoms with Crippen molar-refractivity contribution in [3.63, 3.8) is 0 Å². The molecular formula is C15H19NO2. The predicted octanol–water partition coefficient (Wildman–Crippen LogP) is 3.31. The van der Waals surface area contributed by atoms with Crippen molar-refractivity contribution in [2.75, 3.05) is 7.11 Å². The van der Waals surface area contributed by atoms with Gasteiger partial charge in [-0.25, -0.2) is 0 Å². The van der Waals surface area contributed by atoms with Crippen LogP contribution in [0.5, 0.6) is 5.75 Å². The molecule has 1 aromatic rings. The van der Waals surface area contributed by atoms with Gasteiger partial charge in [-0.2, -0.15) is 5.26 Å². The summed E-state index contributed by atoms with van der Waals surface area (Å²) in [5.74, 6) is 0.570. The van der Waals surface area contributed by atoms with E-state index in [9.17, 15) is 10.1 Å². The van der Waals surface area contributed by atoms with Crippen LogP contribution in [0.25, 0.3) is 0 Å². The quantitative estimate of drug-likeness (QED) is 0.799. The lowest BCUT2D eigenvalue weighted by Gasteiger charge is -2.29. The average molecular weight is 245 g/mol. The van der Waals surface area contributed by atoms with E-state index in [4.69, 9.17) is 4.74 Å². The van der Waals surface area contributed by atoms with Gasteiger partial charge in [0.05, 0.1) is 19.1 Å². The Morgan fingerprint density at radius 3 is 2.33 bits per heavy atom. The summed E-state index contributed by atoms with van der Waals surface area (Å²) < 4.78 is 5.10. The normalized spacial score (nSPS) is 12.6. The topological polar surface area (TPSA) is 50.1 Å². The molecule has 1 unspecified atom stereocenters. The number of hydrogen-bond donors (Lipinski definition) is 0. The zero-order chi connectivity index (χ0) is 13.8. The number of hydrogen-bond acceptors (Lipinski definition) is 3. The third-order valence-corrected chi connectivity index (χ3v) is 3.06. The van der Waals surface area contributed by atoms with E-state index in [0.717, 1.165) is 11.3 Å². The first-order valence-corrected chi connectivity index (χ1v) is 5.93. The highest BCUT2D eigenvalue weighted by atomic mass is 16.5. The highest BCUT2D eigenvalue weighted by molar-refractivity contribution is 5.76. The summed E-state index contributed by atoms with van der Waals surface area (Å²) in [4.78, 5) is 11.3. The molecule has 3 nitrogen and oxygen atoms in total. The molecule has 0 aliphatic rings. The minimum atomic E-state index is -0.366. The molecule has 0 bridgehead atoms. The Bertz CT molecular complexity index is 454. The zero-order valence-electron chi connectivity index (χ0n) is 11.4. The van der Waals surface area contributed by atoms with E-state index >= 15 is 0 Å². The van der Waals surface area contributed by atoms with Gasteiger partial charge in [-0.3, -0.25) is 0 Å². The molecule has 0 aromatic heterocycles. The van der Waals surface area contributed by atoms with Crippen molar-refractivity contribution in [3.05, 3.63) is 29.8 Å². The second kappa shape index (κ2) is 5.68. The zero-order valence-corrected chi connectivity index (χ0v) is 11.4. The minimum absolute atomic E-state index is 0.105. The molecule has 0 aliphatic heterocycles. The van der Waals surface area contributed by atoms with Crippen LogP contribution in [0.1, 0.15) is 38.7 Å². The van der Waals surface area contributed by atoms with Gasteiger partial charge in [0.15, 0.2) is 0 Å². The molecule has 0 fully saturated rings. The lowest BCUT2D eigenvalue weighted by atomic mass is 9.73. The second-order valence-corrected chi connectivity index (χ2v) is 5.20. The number of benzene rings is 1. The maximum atomic E-state index is 11.3. The molecule has 0 amide bonds. The number of nitrogens with zero attached hydrogens (tertiary/aromatic N) is 1. The highest BCUT2D eigenvalue weighted by Gasteiger charge is 2.32. The van der Waals surface area contributed by atoms with Crippen LogP contribution < -0.4 is 4.74 Å². The number of carbonyl (C=O) groups is 1. The fraction of sp³-hybridized carbons (Fsp3) is 0.467. The molecule has 18 heavy (non-hydrogen) atoms. The van der Waals surface area contributed by atoms with Gasteiger partial charge in [-0.1, -0.05) is 26.0 Å². The van der Waals surface area contributed by atoms with Crippen molar-refractivity contribution in [2.24, 2.45) is 5.41 Å². The molecule has 0 spiro atoms. The first-order chi connectivity index (χ1) is 8.40. The van der Waals surface area contributed by atoms with Crippen LogP contribution in [-0.2, 0) is 4.79 Å². The van der Waals surface area contributed by atoms with E-state index in [0.29, 0.717) is 6.42 Å². The Kier molecular flexibility index (Phi) is 4.49. The van der Waals surface area contributed by atoms with Gasteiger partial charge in [0.1, 0.15) is 11.5 Å². The molecule has 3 heteroatoms. The molecule has 0 N–H and O–H groups in total. The van der Waals surface area contributed by atoms with Crippen molar-refractivity contribution in [1.82, 2.24) is 0 Å². The second-order valence-electron chi connectivity index (χ2n) is 5.20. The van der Waals surface area contributed by atoms with Crippen molar-refractivity contribution in [3.8, 4) is 11.8 Å². The van der Waals surface area contributed by atoms with Gasteiger partial charge in [0, 0.05) is 6.42 Å². The van der Waals surface area contributed by atoms with Crippen molar-refractivity contribution < 1.29 is 9.53 Å². The molecule has 0 aliphatic carbocycles. The van der Waals surface area contributed by atoms with Crippen LogP contribution in [0.2, 0.25) is 0 Å². The molecule has 0 heterocycles. The Hall–Kier alpha value is -1.82. The maximum Gasteiger partial charge on any atom is 0.130 e. The van der Waals surface area contributed by atoms with Crippen LogP contribution in [-0.4, -0.2) is 12.9 Å². The van der Waals surface area contributed by atoms with E-state index in [2.05, 4.69) is 6.07 Å². The summed E-state index contributed by atoms with van der Waals surface area (Å²) in [5, 5.41) is 9.36. The Balaban J connectivity index is 3.02. The SMILES string of the molecule is COc1ccc(C(C#N)C(C)(C)CC(C)=O)cc1. The largest absolute Gasteiger partial charge is 0.497 e. The molecule has 1 atom stereocenters. The molecule has 0 saturated carbocycles. The van der Waals surface area contributed by atoms with Crippen LogP contribution in [0.4, 0.5) is 0 Å². The Morgan fingerprint density at radius 1 is 1.39 bits per heavy atom. The van der Waals surface area contributed by atoms with E-state index in [1.165, 1.54) is 0 Å². The number of nitriles is 1. The third kappa shape index (κ3) is 3.33.